The second kappa shape index (κ2) is 9.23. The first kappa shape index (κ1) is 17.3. The predicted molar refractivity (Wildman–Crippen MR) is 85.6 cm³/mol. The maximum Gasteiger partial charge on any atom is 0.340 e. The molecular weight excluding hydrogens is 268 g/mol. The molecule has 0 fully saturated rings. The minimum Gasteiger partial charge on any atom is -0.462 e. The minimum atomic E-state index is -0.396. The van der Waals surface area contributed by atoms with Crippen LogP contribution in [0.25, 0.3) is 0 Å². The van der Waals surface area contributed by atoms with Gasteiger partial charge in [-0.3, -0.25) is 0 Å². The van der Waals surface area contributed by atoms with Crippen molar-refractivity contribution in [3.63, 3.8) is 0 Å². The molecule has 118 valence electrons. The normalized spacial score (nSPS) is 10.7. The maximum absolute atomic E-state index is 11.7. The average Bonchev–Trinajstić information content (AvgIpc) is 2.44. The molecule has 0 bridgehead atoms. The number of benzene rings is 1. The Balaban J connectivity index is 2.45. The number of ether oxygens (including phenoxy) is 2. The second-order valence-electron chi connectivity index (χ2n) is 5.21. The Morgan fingerprint density at radius 2 is 2.10 bits per heavy atom. The lowest BCUT2D eigenvalue weighted by Gasteiger charge is -2.13. The average molecular weight is 294 g/mol. The zero-order valence-corrected chi connectivity index (χ0v) is 13.1. The molecule has 0 aliphatic heterocycles. The molecule has 0 heterocycles. The Hall–Kier alpha value is -1.75. The van der Waals surface area contributed by atoms with Crippen molar-refractivity contribution in [2.45, 2.75) is 27.2 Å². The fourth-order valence-electron chi connectivity index (χ4n) is 1.79. The molecule has 3 N–H and O–H groups in total. The van der Waals surface area contributed by atoms with Gasteiger partial charge in [0.15, 0.2) is 0 Å². The summed E-state index contributed by atoms with van der Waals surface area (Å²) in [6, 6.07) is 5.29. The highest BCUT2D eigenvalue weighted by atomic mass is 16.5. The van der Waals surface area contributed by atoms with Gasteiger partial charge in [0.25, 0.3) is 0 Å². The zero-order valence-electron chi connectivity index (χ0n) is 13.1. The SMILES string of the molecule is CCOC(=O)c1cccc(NCCOCCC(C)C)c1N. The summed E-state index contributed by atoms with van der Waals surface area (Å²) in [5.74, 6) is 0.252. The Kier molecular flexibility index (Phi) is 7.61. The number of hydrogen-bond acceptors (Lipinski definition) is 5. The van der Waals surface area contributed by atoms with Crippen molar-refractivity contribution in [3.05, 3.63) is 23.8 Å². The van der Waals surface area contributed by atoms with Gasteiger partial charge in [-0.1, -0.05) is 19.9 Å². The number of esters is 1. The molecule has 0 spiro atoms. The van der Waals surface area contributed by atoms with Crippen LogP contribution in [0.15, 0.2) is 18.2 Å². The number of nitrogens with one attached hydrogen (secondary N) is 1. The molecule has 0 radical (unpaired) electrons. The van der Waals surface area contributed by atoms with Crippen molar-refractivity contribution in [1.29, 1.82) is 0 Å². The third-order valence-electron chi connectivity index (χ3n) is 3.00. The molecule has 0 saturated carbocycles. The van der Waals surface area contributed by atoms with E-state index in [-0.39, 0.29) is 0 Å². The number of rotatable bonds is 9. The highest BCUT2D eigenvalue weighted by Gasteiger charge is 2.12. The Morgan fingerprint density at radius 1 is 1.33 bits per heavy atom. The number of nitrogen functional groups attached to an aromatic ring is 1. The third-order valence-corrected chi connectivity index (χ3v) is 3.00. The van der Waals surface area contributed by atoms with Crippen molar-refractivity contribution < 1.29 is 14.3 Å². The predicted octanol–water partition coefficient (Wildman–Crippen LogP) is 2.92. The molecule has 21 heavy (non-hydrogen) atoms. The van der Waals surface area contributed by atoms with Gasteiger partial charge in [0.1, 0.15) is 0 Å². The molecule has 1 rings (SSSR count). The number of para-hydroxylation sites is 1. The molecule has 0 aliphatic rings. The van der Waals surface area contributed by atoms with Crippen molar-refractivity contribution in [1.82, 2.24) is 0 Å². The van der Waals surface area contributed by atoms with Gasteiger partial charge in [-0.15, -0.1) is 0 Å². The fourth-order valence-corrected chi connectivity index (χ4v) is 1.79. The first-order valence-corrected chi connectivity index (χ1v) is 7.43. The van der Waals surface area contributed by atoms with E-state index in [2.05, 4.69) is 19.2 Å². The molecule has 5 nitrogen and oxygen atoms in total. The summed E-state index contributed by atoms with van der Waals surface area (Å²) < 4.78 is 10.5. The van der Waals surface area contributed by atoms with Crippen LogP contribution < -0.4 is 11.1 Å². The summed E-state index contributed by atoms with van der Waals surface area (Å²) in [5.41, 5.74) is 7.53. The maximum atomic E-state index is 11.7. The van der Waals surface area contributed by atoms with Crippen LogP contribution >= 0.6 is 0 Å². The molecular formula is C16H26N2O3. The molecule has 0 atom stereocenters. The van der Waals surface area contributed by atoms with Crippen LogP contribution in [0, 0.1) is 5.92 Å². The van der Waals surface area contributed by atoms with Crippen LogP contribution in [0.1, 0.15) is 37.6 Å². The molecule has 0 unspecified atom stereocenters. The van der Waals surface area contributed by atoms with Crippen LogP contribution in [-0.4, -0.2) is 32.3 Å². The second-order valence-corrected chi connectivity index (χ2v) is 5.21. The van der Waals surface area contributed by atoms with E-state index < -0.39 is 5.97 Å². The van der Waals surface area contributed by atoms with E-state index in [4.69, 9.17) is 15.2 Å². The summed E-state index contributed by atoms with van der Waals surface area (Å²) in [7, 11) is 0. The molecule has 5 heteroatoms. The van der Waals surface area contributed by atoms with Gasteiger partial charge in [0.2, 0.25) is 0 Å². The van der Waals surface area contributed by atoms with E-state index in [1.165, 1.54) is 0 Å². The Labute approximate surface area is 126 Å². The van der Waals surface area contributed by atoms with Crippen molar-refractivity contribution in [2.24, 2.45) is 5.92 Å². The molecule has 0 aromatic heterocycles. The first-order chi connectivity index (χ1) is 10.1. The van der Waals surface area contributed by atoms with Gasteiger partial charge >= 0.3 is 5.97 Å². The smallest absolute Gasteiger partial charge is 0.340 e. The lowest BCUT2D eigenvalue weighted by molar-refractivity contribution is 0.0527. The van der Waals surface area contributed by atoms with Gasteiger partial charge in [-0.25, -0.2) is 4.79 Å². The minimum absolute atomic E-state index is 0.333. The van der Waals surface area contributed by atoms with Crippen LogP contribution in [-0.2, 0) is 9.47 Å². The fraction of sp³-hybridized carbons (Fsp3) is 0.562. The molecule has 1 aromatic carbocycles. The van der Waals surface area contributed by atoms with Crippen molar-refractivity contribution >= 4 is 17.3 Å². The van der Waals surface area contributed by atoms with Gasteiger partial charge in [-0.05, 0) is 31.4 Å². The molecule has 1 aromatic rings. The van der Waals surface area contributed by atoms with Gasteiger partial charge < -0.3 is 20.5 Å². The summed E-state index contributed by atoms with van der Waals surface area (Å²) in [6.07, 6.45) is 1.06. The van der Waals surface area contributed by atoms with E-state index in [9.17, 15) is 4.79 Å². The van der Waals surface area contributed by atoms with E-state index in [0.717, 1.165) is 18.7 Å². The zero-order chi connectivity index (χ0) is 15.7. The number of nitrogens with two attached hydrogens (primary N) is 1. The third kappa shape index (κ3) is 6.04. The Morgan fingerprint density at radius 3 is 2.76 bits per heavy atom. The molecule has 0 amide bonds. The van der Waals surface area contributed by atoms with E-state index in [0.29, 0.717) is 36.9 Å². The quantitative estimate of drug-likeness (QED) is 0.416. The summed E-state index contributed by atoms with van der Waals surface area (Å²) >= 11 is 0. The topological polar surface area (TPSA) is 73.6 Å². The molecule has 0 aliphatic carbocycles. The van der Waals surface area contributed by atoms with Crippen LogP contribution in [0.4, 0.5) is 11.4 Å². The number of carbonyl (C=O) groups excluding carboxylic acids is 1. The van der Waals surface area contributed by atoms with E-state index >= 15 is 0 Å². The lowest BCUT2D eigenvalue weighted by atomic mass is 10.1. The van der Waals surface area contributed by atoms with Crippen molar-refractivity contribution in [2.75, 3.05) is 37.4 Å². The molecule has 0 saturated heterocycles. The first-order valence-electron chi connectivity index (χ1n) is 7.43. The van der Waals surface area contributed by atoms with E-state index in [1.807, 2.05) is 6.07 Å². The van der Waals surface area contributed by atoms with Crippen molar-refractivity contribution in [3.8, 4) is 0 Å². The van der Waals surface area contributed by atoms with Crippen LogP contribution in [0.2, 0.25) is 0 Å². The highest BCUT2D eigenvalue weighted by molar-refractivity contribution is 5.98. The van der Waals surface area contributed by atoms with Crippen LogP contribution in [0.5, 0.6) is 0 Å². The highest BCUT2D eigenvalue weighted by Crippen LogP contribution is 2.23. The largest absolute Gasteiger partial charge is 0.462 e. The summed E-state index contributed by atoms with van der Waals surface area (Å²) in [4.78, 5) is 11.7. The van der Waals surface area contributed by atoms with Gasteiger partial charge in [-0.2, -0.15) is 0 Å². The monoisotopic (exact) mass is 294 g/mol. The summed E-state index contributed by atoms with van der Waals surface area (Å²) in [5, 5.41) is 3.18. The standard InChI is InChI=1S/C16H26N2O3/c1-4-21-16(19)13-6-5-7-14(15(13)17)18-9-11-20-10-8-12(2)3/h5-7,12,18H,4,8-11,17H2,1-3H3. The van der Waals surface area contributed by atoms with Crippen LogP contribution in [0.3, 0.4) is 0 Å². The van der Waals surface area contributed by atoms with E-state index in [1.54, 1.807) is 19.1 Å². The lowest BCUT2D eigenvalue weighted by Crippen LogP contribution is -2.14. The summed E-state index contributed by atoms with van der Waals surface area (Å²) in [6.45, 7) is 8.46. The number of hydrogen-bond donors (Lipinski definition) is 2. The number of carbonyl (C=O) groups is 1. The van der Waals surface area contributed by atoms with Gasteiger partial charge in [0.05, 0.1) is 30.2 Å². The Bertz CT molecular complexity index is 447. The van der Waals surface area contributed by atoms with Gasteiger partial charge in [0, 0.05) is 13.2 Å². The number of anilines is 2.